The maximum absolute atomic E-state index is 13.2. The summed E-state index contributed by atoms with van der Waals surface area (Å²) in [6, 6.07) is 16.3. The van der Waals surface area contributed by atoms with E-state index in [2.05, 4.69) is 4.98 Å². The predicted octanol–water partition coefficient (Wildman–Crippen LogP) is 3.54. The molecule has 1 atom stereocenters. The number of aryl methyl sites for hydroxylation is 1. The third-order valence-corrected chi connectivity index (χ3v) is 6.23. The molecule has 0 bridgehead atoms. The van der Waals surface area contributed by atoms with Gasteiger partial charge in [0.05, 0.1) is 18.8 Å². The average molecular weight is 497 g/mol. The number of thiazole rings is 1. The van der Waals surface area contributed by atoms with Crippen LogP contribution in [-0.2, 0) is 25.6 Å². The molecule has 1 aromatic heterocycles. The number of anilines is 1. The van der Waals surface area contributed by atoms with Crippen molar-refractivity contribution in [3.63, 3.8) is 0 Å². The van der Waals surface area contributed by atoms with Gasteiger partial charge in [0.15, 0.2) is 23.2 Å². The first-order chi connectivity index (χ1) is 17.0. The van der Waals surface area contributed by atoms with Gasteiger partial charge in [0.2, 0.25) is 6.10 Å². The second-order valence-corrected chi connectivity index (χ2v) is 8.55. The van der Waals surface area contributed by atoms with E-state index in [1.807, 2.05) is 30.3 Å². The number of nitrogens with zero attached hydrogens (tertiary/aromatic N) is 2. The van der Waals surface area contributed by atoms with Gasteiger partial charge in [-0.05, 0) is 31.5 Å². The molecule has 0 aliphatic carbocycles. The van der Waals surface area contributed by atoms with Crippen LogP contribution in [-0.4, -0.2) is 48.8 Å². The number of hydrogen-bond donors (Lipinski definition) is 0. The van der Waals surface area contributed by atoms with Crippen LogP contribution in [0.1, 0.15) is 27.9 Å². The molecule has 2 heterocycles. The molecule has 0 radical (unpaired) electrons. The van der Waals surface area contributed by atoms with Gasteiger partial charge in [-0.25, -0.2) is 14.6 Å². The van der Waals surface area contributed by atoms with Crippen LogP contribution in [0.15, 0.2) is 54.6 Å². The number of rotatable bonds is 8. The summed E-state index contributed by atoms with van der Waals surface area (Å²) in [4.78, 5) is 44.1. The molecule has 3 aromatic rings. The molecule has 1 aliphatic rings. The summed E-state index contributed by atoms with van der Waals surface area (Å²) in [6.45, 7) is 3.26. The molecule has 0 fully saturated rings. The third kappa shape index (κ3) is 5.78. The number of carbonyl (C=O) groups excluding carboxylic acids is 3. The predicted molar refractivity (Wildman–Crippen MR) is 128 cm³/mol. The molecule has 0 spiro atoms. The summed E-state index contributed by atoms with van der Waals surface area (Å²) in [7, 11) is 0. The normalized spacial score (nSPS) is 14.2. The van der Waals surface area contributed by atoms with Gasteiger partial charge in [0.1, 0.15) is 11.5 Å². The van der Waals surface area contributed by atoms with Crippen molar-refractivity contribution in [1.82, 2.24) is 4.98 Å². The Balaban J connectivity index is 1.47. The summed E-state index contributed by atoms with van der Waals surface area (Å²) in [6.07, 6.45) is -0.988. The number of amides is 1. The number of fused-ring (bicyclic) bond motifs is 1. The highest BCUT2D eigenvalue weighted by Crippen LogP contribution is 2.31. The highest BCUT2D eigenvalue weighted by atomic mass is 32.1. The smallest absolute Gasteiger partial charge is 0.351 e. The highest BCUT2D eigenvalue weighted by Gasteiger charge is 2.30. The van der Waals surface area contributed by atoms with Crippen molar-refractivity contribution in [2.45, 2.75) is 26.5 Å². The van der Waals surface area contributed by atoms with Crippen molar-refractivity contribution in [3.05, 3.63) is 70.7 Å². The van der Waals surface area contributed by atoms with Gasteiger partial charge >= 0.3 is 11.9 Å². The number of carbonyl (C=O) groups is 3. The Morgan fingerprint density at radius 2 is 1.77 bits per heavy atom. The molecule has 10 heteroatoms. The van der Waals surface area contributed by atoms with Gasteiger partial charge in [-0.3, -0.25) is 9.69 Å². The average Bonchev–Trinajstić information content (AvgIpc) is 3.27. The Labute approximate surface area is 206 Å². The largest absolute Gasteiger partial charge is 0.485 e. The fraction of sp³-hybridized carbons (Fsp3) is 0.280. The van der Waals surface area contributed by atoms with Crippen LogP contribution in [0.4, 0.5) is 5.13 Å². The van der Waals surface area contributed by atoms with E-state index >= 15 is 0 Å². The Hall–Kier alpha value is -3.92. The Bertz CT molecular complexity index is 1210. The first kappa shape index (κ1) is 24.2. The molecule has 1 aliphatic heterocycles. The molecule has 2 aromatic carbocycles. The molecule has 0 unspecified atom stereocenters. The number of esters is 2. The maximum Gasteiger partial charge on any atom is 0.351 e. The van der Waals surface area contributed by atoms with Gasteiger partial charge in [0, 0.05) is 0 Å². The number of ether oxygens (including phenoxy) is 4. The van der Waals surface area contributed by atoms with Gasteiger partial charge in [0.25, 0.3) is 5.91 Å². The maximum atomic E-state index is 13.2. The van der Waals surface area contributed by atoms with Crippen molar-refractivity contribution in [1.29, 1.82) is 0 Å². The quantitative estimate of drug-likeness (QED) is 0.436. The lowest BCUT2D eigenvalue weighted by atomic mass is 10.2. The minimum Gasteiger partial charge on any atom is -0.485 e. The van der Waals surface area contributed by atoms with Crippen molar-refractivity contribution < 1.29 is 33.3 Å². The summed E-state index contributed by atoms with van der Waals surface area (Å²) < 4.78 is 21.6. The van der Waals surface area contributed by atoms with Crippen LogP contribution in [0, 0.1) is 6.92 Å². The lowest BCUT2D eigenvalue weighted by molar-refractivity contribution is -0.157. The van der Waals surface area contributed by atoms with Crippen LogP contribution in [0.5, 0.6) is 11.5 Å². The molecule has 9 nitrogen and oxygen atoms in total. The van der Waals surface area contributed by atoms with E-state index in [0.29, 0.717) is 27.2 Å². The first-order valence-corrected chi connectivity index (χ1v) is 11.8. The molecule has 35 heavy (non-hydrogen) atoms. The molecule has 0 N–H and O–H groups in total. The standard InChI is InChI=1S/C25H24N2O7S/c1-3-31-24(30)22-16(2)26-25(35-22)27(13-17-9-5-4-6-10-17)21(28)15-33-23(29)20-14-32-18-11-7-8-12-19(18)34-20/h4-12,20H,3,13-15H2,1-2H3/t20-/m1/s1. The fourth-order valence-electron chi connectivity index (χ4n) is 3.35. The van der Waals surface area contributed by atoms with Gasteiger partial charge < -0.3 is 18.9 Å². The van der Waals surface area contributed by atoms with E-state index < -0.39 is 30.6 Å². The molecular weight excluding hydrogens is 472 g/mol. The fourth-order valence-corrected chi connectivity index (χ4v) is 4.33. The highest BCUT2D eigenvalue weighted by molar-refractivity contribution is 7.17. The number of benzene rings is 2. The molecule has 0 saturated carbocycles. The van der Waals surface area contributed by atoms with Crippen LogP contribution in [0.25, 0.3) is 0 Å². The topological polar surface area (TPSA) is 104 Å². The van der Waals surface area contributed by atoms with Crippen LogP contribution in [0.2, 0.25) is 0 Å². The van der Waals surface area contributed by atoms with Gasteiger partial charge in [-0.15, -0.1) is 0 Å². The summed E-state index contributed by atoms with van der Waals surface area (Å²) in [5.41, 5.74) is 1.30. The minimum atomic E-state index is -0.988. The van der Waals surface area contributed by atoms with E-state index in [1.54, 1.807) is 38.1 Å². The van der Waals surface area contributed by atoms with Crippen LogP contribution < -0.4 is 14.4 Å². The Morgan fingerprint density at radius 1 is 1.06 bits per heavy atom. The van der Waals surface area contributed by atoms with Crippen LogP contribution in [0.3, 0.4) is 0 Å². The van der Waals surface area contributed by atoms with Crippen molar-refractivity contribution in [2.24, 2.45) is 0 Å². The van der Waals surface area contributed by atoms with Gasteiger partial charge in [-0.1, -0.05) is 53.8 Å². The van der Waals surface area contributed by atoms with E-state index in [-0.39, 0.29) is 19.8 Å². The lowest BCUT2D eigenvalue weighted by Gasteiger charge is -2.25. The molecule has 1 amide bonds. The number of aromatic nitrogens is 1. The Kier molecular flexibility index (Phi) is 7.61. The summed E-state index contributed by atoms with van der Waals surface area (Å²) in [5.74, 6) is -0.735. The first-order valence-electron chi connectivity index (χ1n) is 11.0. The lowest BCUT2D eigenvalue weighted by Crippen LogP contribution is -2.40. The second-order valence-electron chi connectivity index (χ2n) is 7.57. The van der Waals surface area contributed by atoms with Gasteiger partial charge in [-0.2, -0.15) is 0 Å². The summed E-state index contributed by atoms with van der Waals surface area (Å²) in [5, 5.41) is 0.307. The van der Waals surface area contributed by atoms with E-state index in [1.165, 1.54) is 4.90 Å². The zero-order valence-electron chi connectivity index (χ0n) is 19.3. The van der Waals surface area contributed by atoms with E-state index in [0.717, 1.165) is 16.9 Å². The summed E-state index contributed by atoms with van der Waals surface area (Å²) >= 11 is 1.05. The molecule has 182 valence electrons. The number of hydrogen-bond acceptors (Lipinski definition) is 9. The second kappa shape index (κ2) is 11.0. The monoisotopic (exact) mass is 496 g/mol. The SMILES string of the molecule is CCOC(=O)c1sc(N(Cc2ccccc2)C(=O)COC(=O)[C@H]2COc3ccccc3O2)nc1C. The molecule has 0 saturated heterocycles. The zero-order chi connectivity index (χ0) is 24.8. The number of para-hydroxylation sites is 2. The van der Waals surface area contributed by atoms with E-state index in [9.17, 15) is 14.4 Å². The minimum absolute atomic E-state index is 0.0215. The zero-order valence-corrected chi connectivity index (χ0v) is 20.1. The van der Waals surface area contributed by atoms with E-state index in [4.69, 9.17) is 18.9 Å². The third-order valence-electron chi connectivity index (χ3n) is 5.07. The molecular formula is C25H24N2O7S. The molecule has 4 rings (SSSR count). The van der Waals surface area contributed by atoms with Crippen molar-refractivity contribution in [3.8, 4) is 11.5 Å². The Morgan fingerprint density at radius 3 is 2.51 bits per heavy atom. The van der Waals surface area contributed by atoms with Crippen molar-refractivity contribution >= 4 is 34.3 Å². The van der Waals surface area contributed by atoms with Crippen molar-refractivity contribution in [2.75, 3.05) is 24.7 Å². The van der Waals surface area contributed by atoms with Crippen LogP contribution >= 0.6 is 11.3 Å².